The molecule has 112 valence electrons. The smallest absolute Gasteiger partial charge is 0.196 e. The van der Waals surface area contributed by atoms with Gasteiger partial charge in [0.05, 0.1) is 41.6 Å². The Bertz CT molecular complexity index is 675. The third-order valence-corrected chi connectivity index (χ3v) is 3.28. The van der Waals surface area contributed by atoms with Gasteiger partial charge in [0.1, 0.15) is 11.0 Å². The van der Waals surface area contributed by atoms with Crippen LogP contribution in [0.2, 0.25) is 5.02 Å². The molecule has 0 fully saturated rings. The molecule has 0 radical (unpaired) electrons. The summed E-state index contributed by atoms with van der Waals surface area (Å²) in [5.41, 5.74) is 2.39. The number of halogens is 1. The lowest BCUT2D eigenvalue weighted by Crippen LogP contribution is -2.26. The molecule has 1 aromatic carbocycles. The molecular weight excluding hydrogens is 318 g/mol. The molecule has 0 aliphatic carbocycles. The number of benzene rings is 1. The largest absolute Gasteiger partial charge is 0.548 e. The number of carboxylic acids is 1. The third-order valence-electron chi connectivity index (χ3n) is 2.42. The molecule has 1 aromatic heterocycles. The molecule has 3 N–H and O–H groups in total. The highest BCUT2D eigenvalue weighted by molar-refractivity contribution is 7.00. The quantitative estimate of drug-likeness (QED) is 0.675. The van der Waals surface area contributed by atoms with Gasteiger partial charge in [-0.2, -0.15) is 8.75 Å². The molecule has 1 aliphatic rings. The number of carboxylic acid groups (broad SMARTS) is 1. The molecule has 3 rings (SSSR count). The van der Waals surface area contributed by atoms with Crippen LogP contribution >= 0.6 is 23.3 Å². The maximum Gasteiger partial charge on any atom is 0.196 e. The van der Waals surface area contributed by atoms with E-state index in [2.05, 4.69) is 24.4 Å². The van der Waals surface area contributed by atoms with E-state index in [-0.39, 0.29) is 0 Å². The molecule has 10 heteroatoms. The van der Waals surface area contributed by atoms with Gasteiger partial charge in [0.2, 0.25) is 0 Å². The van der Waals surface area contributed by atoms with Crippen molar-refractivity contribution in [1.29, 1.82) is 0 Å². The number of anilines is 1. The molecule has 0 spiro atoms. The van der Waals surface area contributed by atoms with E-state index in [4.69, 9.17) is 26.6 Å². The summed E-state index contributed by atoms with van der Waals surface area (Å²) in [7, 11) is 0. The van der Waals surface area contributed by atoms with Crippen molar-refractivity contribution in [2.75, 3.05) is 25.0 Å². The first-order chi connectivity index (χ1) is 10.1. The Kier molecular flexibility index (Phi) is 5.26. The number of nitrogens with zero attached hydrogens (tertiary/aromatic N) is 3. The van der Waals surface area contributed by atoms with E-state index in [1.54, 1.807) is 0 Å². The Morgan fingerprint density at radius 3 is 2.90 bits per heavy atom. The number of nitrogens with one attached hydrogen (secondary N) is 2. The van der Waals surface area contributed by atoms with E-state index in [0.29, 0.717) is 5.02 Å². The van der Waals surface area contributed by atoms with E-state index < -0.39 is 12.6 Å². The molecule has 0 amide bonds. The van der Waals surface area contributed by atoms with Crippen LogP contribution in [-0.4, -0.2) is 45.5 Å². The number of aliphatic imine (C=N–C) groups is 1. The summed E-state index contributed by atoms with van der Waals surface area (Å²) < 4.78 is 8.39. The molecule has 21 heavy (non-hydrogen) atoms. The molecule has 0 unspecified atom stereocenters. The summed E-state index contributed by atoms with van der Waals surface area (Å²) in [6.07, 6.45) is 0. The SMILES string of the molecule is Clc1ccc2nsnc2c1NC1=NCCN1.O=C([O-])CO. The summed E-state index contributed by atoms with van der Waals surface area (Å²) in [5, 5.41) is 23.4. The van der Waals surface area contributed by atoms with Gasteiger partial charge >= 0.3 is 0 Å². The number of hydrogen-bond donors (Lipinski definition) is 3. The van der Waals surface area contributed by atoms with Gasteiger partial charge in [-0.1, -0.05) is 11.6 Å². The zero-order valence-electron chi connectivity index (χ0n) is 10.7. The number of aliphatic hydroxyl groups excluding tert-OH is 1. The van der Waals surface area contributed by atoms with Gasteiger partial charge in [-0.15, -0.1) is 0 Å². The number of guanidine groups is 1. The summed E-state index contributed by atoms with van der Waals surface area (Å²) in [6, 6.07) is 3.67. The minimum Gasteiger partial charge on any atom is -0.548 e. The van der Waals surface area contributed by atoms with Gasteiger partial charge < -0.3 is 25.6 Å². The Morgan fingerprint density at radius 2 is 2.29 bits per heavy atom. The predicted molar refractivity (Wildman–Crippen MR) is 78.4 cm³/mol. The fraction of sp³-hybridized carbons (Fsp3) is 0.273. The lowest BCUT2D eigenvalue weighted by molar-refractivity contribution is -0.308. The van der Waals surface area contributed by atoms with Crippen molar-refractivity contribution in [3.05, 3.63) is 17.2 Å². The molecule has 0 atom stereocenters. The van der Waals surface area contributed by atoms with Gasteiger partial charge in [-0.05, 0) is 12.1 Å². The fourth-order valence-corrected chi connectivity index (χ4v) is 2.29. The van der Waals surface area contributed by atoms with Crippen LogP contribution in [0, 0.1) is 0 Å². The van der Waals surface area contributed by atoms with Crippen molar-refractivity contribution in [2.24, 2.45) is 4.99 Å². The van der Waals surface area contributed by atoms with Crippen molar-refractivity contribution in [3.8, 4) is 0 Å². The van der Waals surface area contributed by atoms with E-state index >= 15 is 0 Å². The summed E-state index contributed by atoms with van der Waals surface area (Å²) >= 11 is 7.30. The normalized spacial score (nSPS) is 13.1. The van der Waals surface area contributed by atoms with Gasteiger partial charge in [0.15, 0.2) is 5.96 Å². The summed E-state index contributed by atoms with van der Waals surface area (Å²) in [4.78, 5) is 13.3. The van der Waals surface area contributed by atoms with Crippen molar-refractivity contribution in [3.63, 3.8) is 0 Å². The van der Waals surface area contributed by atoms with Crippen LogP contribution in [0.15, 0.2) is 17.1 Å². The summed E-state index contributed by atoms with van der Waals surface area (Å²) in [5.74, 6) is -0.701. The number of aliphatic carboxylic acids is 1. The van der Waals surface area contributed by atoms with E-state index in [0.717, 1.165) is 35.8 Å². The van der Waals surface area contributed by atoms with Gasteiger partial charge in [-0.25, -0.2) is 0 Å². The summed E-state index contributed by atoms with van der Waals surface area (Å²) in [6.45, 7) is 0.747. The number of carbonyl (C=O) groups excluding carboxylic acids is 1. The first-order valence-electron chi connectivity index (χ1n) is 5.88. The number of aromatic nitrogens is 2. The van der Waals surface area contributed by atoms with Crippen molar-refractivity contribution in [1.82, 2.24) is 14.1 Å². The molecular formula is C11H11ClN5O3S-. The number of hydrogen-bond acceptors (Lipinski definition) is 9. The van der Waals surface area contributed by atoms with Crippen LogP contribution in [0.1, 0.15) is 0 Å². The lowest BCUT2D eigenvalue weighted by atomic mass is 10.2. The van der Waals surface area contributed by atoms with Gasteiger partial charge in [0.25, 0.3) is 0 Å². The maximum atomic E-state index is 9.01. The van der Waals surface area contributed by atoms with Gasteiger partial charge in [0, 0.05) is 6.54 Å². The van der Waals surface area contributed by atoms with Crippen LogP contribution in [-0.2, 0) is 4.79 Å². The number of aliphatic hydroxyl groups is 1. The molecule has 1 aliphatic heterocycles. The van der Waals surface area contributed by atoms with E-state index in [1.165, 1.54) is 11.7 Å². The van der Waals surface area contributed by atoms with Crippen LogP contribution < -0.4 is 15.7 Å². The molecule has 0 saturated heterocycles. The maximum absolute atomic E-state index is 9.01. The molecule has 2 aromatic rings. The van der Waals surface area contributed by atoms with Crippen LogP contribution in [0.4, 0.5) is 5.69 Å². The minimum absolute atomic E-state index is 0.622. The zero-order chi connectivity index (χ0) is 15.2. The molecule has 8 nitrogen and oxygen atoms in total. The second-order valence-corrected chi connectivity index (χ2v) is 4.80. The number of rotatable bonds is 2. The van der Waals surface area contributed by atoms with Crippen LogP contribution in [0.25, 0.3) is 11.0 Å². The average molecular weight is 329 g/mol. The number of carbonyl (C=O) groups is 1. The minimum atomic E-state index is -1.44. The number of fused-ring (bicyclic) bond motifs is 1. The highest BCUT2D eigenvalue weighted by Gasteiger charge is 2.13. The Balaban J connectivity index is 0.000000282. The second kappa shape index (κ2) is 7.16. The van der Waals surface area contributed by atoms with Crippen molar-refractivity contribution in [2.45, 2.75) is 0 Å². The van der Waals surface area contributed by atoms with Gasteiger partial charge in [-0.3, -0.25) is 4.99 Å². The lowest BCUT2D eigenvalue weighted by Gasteiger charge is -2.08. The standard InChI is InChI=1S/C9H8ClN5S.C2H4O3/c10-5-1-2-6-8(15-16-14-6)7(5)13-9-11-3-4-12-9;3-1-2(4)5/h1-2H,3-4H2,(H2,11,12,13);3H,1H2,(H,4,5)/p-1. The first kappa shape index (κ1) is 15.4. The van der Waals surface area contributed by atoms with Crippen LogP contribution in [0.5, 0.6) is 0 Å². The third kappa shape index (κ3) is 4.00. The first-order valence-corrected chi connectivity index (χ1v) is 6.99. The second-order valence-electron chi connectivity index (χ2n) is 3.87. The highest BCUT2D eigenvalue weighted by Crippen LogP contribution is 2.29. The Hall–Kier alpha value is -1.97. The van der Waals surface area contributed by atoms with Crippen LogP contribution in [0.3, 0.4) is 0 Å². The molecule has 0 bridgehead atoms. The monoisotopic (exact) mass is 328 g/mol. The average Bonchev–Trinajstić information content (AvgIpc) is 3.13. The topological polar surface area (TPSA) is 123 Å². The zero-order valence-corrected chi connectivity index (χ0v) is 12.2. The molecule has 2 heterocycles. The fourth-order valence-electron chi connectivity index (χ4n) is 1.55. The predicted octanol–water partition coefficient (Wildman–Crippen LogP) is -0.556. The van der Waals surface area contributed by atoms with E-state index in [9.17, 15) is 0 Å². The van der Waals surface area contributed by atoms with E-state index in [1.807, 2.05) is 12.1 Å². The Labute approximate surface area is 128 Å². The van der Waals surface area contributed by atoms with Crippen molar-refractivity contribution < 1.29 is 15.0 Å². The molecule has 0 saturated carbocycles. The Morgan fingerprint density at radius 1 is 1.52 bits per heavy atom. The highest BCUT2D eigenvalue weighted by atomic mass is 35.5. The van der Waals surface area contributed by atoms with Crippen molar-refractivity contribution >= 4 is 52.0 Å².